The third-order valence-corrected chi connectivity index (χ3v) is 6.80. The number of aryl methyl sites for hydroxylation is 1. The van der Waals surface area contributed by atoms with Crippen molar-refractivity contribution >= 4 is 33.5 Å². The monoisotopic (exact) mass is 446 g/mol. The van der Waals surface area contributed by atoms with Crippen LogP contribution >= 0.6 is 0 Å². The van der Waals surface area contributed by atoms with Gasteiger partial charge in [-0.3, -0.25) is 9.59 Å². The number of nitrogens with one attached hydrogen (secondary N) is 1. The summed E-state index contributed by atoms with van der Waals surface area (Å²) in [4.78, 5) is 37.2. The van der Waals surface area contributed by atoms with Crippen LogP contribution in [0.4, 0.5) is 5.69 Å². The molecule has 1 heterocycles. The van der Waals surface area contributed by atoms with Gasteiger partial charge in [-0.2, -0.15) is 0 Å². The Kier molecular flexibility index (Phi) is 6.30. The maximum Gasteiger partial charge on any atom is 0.339 e. The van der Waals surface area contributed by atoms with E-state index in [4.69, 9.17) is 9.47 Å². The number of carbonyl (C=O) groups excluding carboxylic acids is 3. The number of hydrogen-bond donors (Lipinski definition) is 1. The van der Waals surface area contributed by atoms with Crippen LogP contribution in [0.1, 0.15) is 28.8 Å². The van der Waals surface area contributed by atoms with Gasteiger partial charge in [-0.15, -0.1) is 0 Å². The first-order valence-corrected chi connectivity index (χ1v) is 10.8. The maximum absolute atomic E-state index is 13.2. The summed E-state index contributed by atoms with van der Waals surface area (Å²) < 4.78 is 36.9. The van der Waals surface area contributed by atoms with Crippen molar-refractivity contribution < 1.29 is 32.3 Å². The molecule has 0 unspecified atom stereocenters. The summed E-state index contributed by atoms with van der Waals surface area (Å²) in [6.45, 7) is 1.68. The van der Waals surface area contributed by atoms with E-state index in [0.29, 0.717) is 15.6 Å². The van der Waals surface area contributed by atoms with Crippen LogP contribution in [0.2, 0.25) is 0 Å². The molecule has 0 aromatic heterocycles. The largest absolute Gasteiger partial charge is 0.496 e. The average molecular weight is 446 g/mol. The first-order chi connectivity index (χ1) is 14.7. The molecule has 0 saturated carbocycles. The van der Waals surface area contributed by atoms with Gasteiger partial charge in [0.25, 0.3) is 10.0 Å². The number of hydrogen-bond acceptors (Lipinski definition) is 7. The SMILES string of the molecule is COC(=O)c1ccccc1NC(=O)[C@H]1CCC(=O)N1S(=O)(=O)c1ccc(OC)c(C)c1. The summed E-state index contributed by atoms with van der Waals surface area (Å²) in [5.74, 6) is -1.54. The molecule has 1 fully saturated rings. The number of para-hydroxylation sites is 1. The van der Waals surface area contributed by atoms with Crippen LogP contribution < -0.4 is 10.1 Å². The number of nitrogens with zero attached hydrogens (tertiary/aromatic N) is 1. The highest BCUT2D eigenvalue weighted by molar-refractivity contribution is 7.89. The summed E-state index contributed by atoms with van der Waals surface area (Å²) in [7, 11) is -1.60. The number of amides is 2. The third kappa shape index (κ3) is 4.24. The fourth-order valence-corrected chi connectivity index (χ4v) is 5.11. The second kappa shape index (κ2) is 8.76. The van der Waals surface area contributed by atoms with Crippen molar-refractivity contribution in [3.8, 4) is 5.75 Å². The van der Waals surface area contributed by atoms with E-state index in [1.165, 1.54) is 44.6 Å². The molecule has 0 aliphatic carbocycles. The van der Waals surface area contributed by atoms with E-state index in [2.05, 4.69) is 5.32 Å². The molecule has 1 saturated heterocycles. The lowest BCUT2D eigenvalue weighted by molar-refractivity contribution is -0.128. The van der Waals surface area contributed by atoms with Gasteiger partial charge in [0.15, 0.2) is 0 Å². The highest BCUT2D eigenvalue weighted by Gasteiger charge is 2.44. The van der Waals surface area contributed by atoms with Crippen molar-refractivity contribution in [3.63, 3.8) is 0 Å². The van der Waals surface area contributed by atoms with E-state index < -0.39 is 33.8 Å². The normalized spacial score (nSPS) is 16.2. The van der Waals surface area contributed by atoms with Crippen LogP contribution in [0.3, 0.4) is 0 Å². The Balaban J connectivity index is 1.92. The Hall–Kier alpha value is -3.40. The molecule has 1 aliphatic rings. The van der Waals surface area contributed by atoms with Crippen LogP contribution in [0.15, 0.2) is 47.4 Å². The fourth-order valence-electron chi connectivity index (χ4n) is 3.42. The number of sulfonamides is 1. The van der Waals surface area contributed by atoms with Crippen LogP contribution in [0.25, 0.3) is 0 Å². The molecule has 2 aromatic carbocycles. The molecule has 1 N–H and O–H groups in total. The minimum absolute atomic E-state index is 0.0272. The molecule has 0 radical (unpaired) electrons. The molecule has 2 aromatic rings. The number of esters is 1. The molecule has 0 bridgehead atoms. The fraction of sp³-hybridized carbons (Fsp3) is 0.286. The van der Waals surface area contributed by atoms with Crippen LogP contribution in [0, 0.1) is 6.92 Å². The highest BCUT2D eigenvalue weighted by Crippen LogP contribution is 2.30. The number of methoxy groups -OCH3 is 2. The molecule has 164 valence electrons. The Morgan fingerprint density at radius 2 is 1.84 bits per heavy atom. The summed E-state index contributed by atoms with van der Waals surface area (Å²) in [5.41, 5.74) is 0.849. The molecule has 1 atom stereocenters. The van der Waals surface area contributed by atoms with Gasteiger partial charge in [-0.1, -0.05) is 12.1 Å². The van der Waals surface area contributed by atoms with E-state index in [-0.39, 0.29) is 29.0 Å². The van der Waals surface area contributed by atoms with Gasteiger partial charge in [-0.05, 0) is 49.2 Å². The first-order valence-electron chi connectivity index (χ1n) is 9.40. The Labute approximate surface area is 180 Å². The van der Waals surface area contributed by atoms with Crippen molar-refractivity contribution in [2.75, 3.05) is 19.5 Å². The van der Waals surface area contributed by atoms with E-state index >= 15 is 0 Å². The zero-order valence-corrected chi connectivity index (χ0v) is 18.1. The zero-order valence-electron chi connectivity index (χ0n) is 17.2. The highest BCUT2D eigenvalue weighted by atomic mass is 32.2. The van der Waals surface area contributed by atoms with Gasteiger partial charge in [-0.25, -0.2) is 17.5 Å². The number of ether oxygens (including phenoxy) is 2. The lowest BCUT2D eigenvalue weighted by Crippen LogP contribution is -2.45. The van der Waals surface area contributed by atoms with Gasteiger partial charge in [0.2, 0.25) is 11.8 Å². The van der Waals surface area contributed by atoms with Gasteiger partial charge in [0, 0.05) is 6.42 Å². The van der Waals surface area contributed by atoms with E-state index in [1.807, 2.05) is 0 Å². The standard InChI is InChI=1S/C21H22N2O7S/c1-13-12-14(8-10-18(13)29-2)31(27,28)23-17(9-11-19(23)24)20(25)22-16-7-5-4-6-15(16)21(26)30-3/h4-8,10,12,17H,9,11H2,1-3H3,(H,22,25)/t17-/m1/s1. The average Bonchev–Trinajstić information content (AvgIpc) is 3.16. The van der Waals surface area contributed by atoms with Crippen molar-refractivity contribution in [3.05, 3.63) is 53.6 Å². The molecular formula is C21H22N2O7S. The smallest absolute Gasteiger partial charge is 0.339 e. The molecule has 2 amide bonds. The van der Waals surface area contributed by atoms with Crippen molar-refractivity contribution in [2.24, 2.45) is 0 Å². The molecule has 3 rings (SSSR count). The summed E-state index contributed by atoms with van der Waals surface area (Å²) in [5, 5.41) is 2.55. The lowest BCUT2D eigenvalue weighted by atomic mass is 10.1. The summed E-state index contributed by atoms with van der Waals surface area (Å²) >= 11 is 0. The van der Waals surface area contributed by atoms with Crippen molar-refractivity contribution in [1.29, 1.82) is 0 Å². The summed E-state index contributed by atoms with van der Waals surface area (Å²) in [6.07, 6.45) is -0.0650. The predicted molar refractivity (Wildman–Crippen MR) is 111 cm³/mol. The molecule has 9 nitrogen and oxygen atoms in total. The van der Waals surface area contributed by atoms with Gasteiger partial charge in [0.1, 0.15) is 11.8 Å². The van der Waals surface area contributed by atoms with Crippen LogP contribution in [0.5, 0.6) is 5.75 Å². The molecule has 1 aliphatic heterocycles. The minimum atomic E-state index is -4.28. The second-order valence-corrected chi connectivity index (χ2v) is 8.72. The van der Waals surface area contributed by atoms with E-state index in [1.54, 1.807) is 19.1 Å². The number of anilines is 1. The van der Waals surface area contributed by atoms with Crippen LogP contribution in [-0.4, -0.2) is 50.8 Å². The molecular weight excluding hydrogens is 424 g/mol. The lowest BCUT2D eigenvalue weighted by Gasteiger charge is -2.24. The minimum Gasteiger partial charge on any atom is -0.496 e. The number of rotatable bonds is 6. The predicted octanol–water partition coefficient (Wildman–Crippen LogP) is 2.11. The third-order valence-electron chi connectivity index (χ3n) is 4.98. The summed E-state index contributed by atoms with van der Waals surface area (Å²) in [6, 6.07) is 9.13. The van der Waals surface area contributed by atoms with Gasteiger partial charge in [0.05, 0.1) is 30.4 Å². The van der Waals surface area contributed by atoms with E-state index in [9.17, 15) is 22.8 Å². The first kappa shape index (κ1) is 22.3. The van der Waals surface area contributed by atoms with E-state index in [0.717, 1.165) is 0 Å². The Bertz CT molecular complexity index is 1140. The number of benzene rings is 2. The number of carbonyl (C=O) groups is 3. The second-order valence-electron chi connectivity index (χ2n) is 6.91. The molecule has 31 heavy (non-hydrogen) atoms. The maximum atomic E-state index is 13.2. The van der Waals surface area contributed by atoms with Crippen molar-refractivity contribution in [2.45, 2.75) is 30.7 Å². The topological polar surface area (TPSA) is 119 Å². The molecule has 0 spiro atoms. The molecule has 10 heteroatoms. The zero-order chi connectivity index (χ0) is 22.8. The van der Waals surface area contributed by atoms with Gasteiger partial charge >= 0.3 is 5.97 Å². The van der Waals surface area contributed by atoms with Crippen LogP contribution in [-0.2, 0) is 24.3 Å². The van der Waals surface area contributed by atoms with Crippen molar-refractivity contribution in [1.82, 2.24) is 4.31 Å². The Morgan fingerprint density at radius 1 is 1.13 bits per heavy atom. The Morgan fingerprint density at radius 3 is 2.48 bits per heavy atom. The van der Waals surface area contributed by atoms with Gasteiger partial charge < -0.3 is 14.8 Å². The quantitative estimate of drug-likeness (QED) is 0.675.